The van der Waals surface area contributed by atoms with E-state index in [-0.39, 0.29) is 36.5 Å². The number of benzene rings is 2. The third-order valence-corrected chi connectivity index (χ3v) is 8.65. The van der Waals surface area contributed by atoms with Crippen LogP contribution in [-0.2, 0) is 32.0 Å². The van der Waals surface area contributed by atoms with Crippen molar-refractivity contribution in [3.8, 4) is 17.2 Å². The Hall–Kier alpha value is -4.81. The third kappa shape index (κ3) is 10.6. The van der Waals surface area contributed by atoms with Gasteiger partial charge in [0.1, 0.15) is 11.8 Å². The minimum atomic E-state index is -1.20. The molecule has 0 spiro atoms. The summed E-state index contributed by atoms with van der Waals surface area (Å²) in [6.07, 6.45) is 8.60. The zero-order chi connectivity index (χ0) is 34.6. The van der Waals surface area contributed by atoms with E-state index in [1.165, 1.54) is 38.3 Å². The van der Waals surface area contributed by atoms with Crippen molar-refractivity contribution in [2.75, 3.05) is 19.8 Å². The van der Waals surface area contributed by atoms with Crippen LogP contribution in [0.15, 0.2) is 30.3 Å². The molecule has 0 aliphatic heterocycles. The van der Waals surface area contributed by atoms with Gasteiger partial charge in [-0.3, -0.25) is 19.2 Å². The molecule has 2 aliphatic carbocycles. The molecule has 1 fully saturated rings. The Balaban J connectivity index is 1.54. The number of fused-ring (bicyclic) bond motifs is 1. The number of carbonyl (C=O) groups excluding carboxylic acids is 3. The highest BCUT2D eigenvalue weighted by Crippen LogP contribution is 2.35. The molecule has 0 radical (unpaired) electrons. The van der Waals surface area contributed by atoms with Gasteiger partial charge in [-0.05, 0) is 79.0 Å². The van der Waals surface area contributed by atoms with Gasteiger partial charge in [-0.25, -0.2) is 4.79 Å². The molecule has 4 rings (SSSR count). The molecule has 0 saturated heterocycles. The molecular weight excluding hydrogens is 622 g/mol. The van der Waals surface area contributed by atoms with Crippen molar-refractivity contribution >= 4 is 29.7 Å². The van der Waals surface area contributed by atoms with E-state index in [4.69, 9.17) is 30.2 Å². The molecule has 2 aromatic carbocycles. The average Bonchev–Trinajstić information content (AvgIpc) is 3.23. The summed E-state index contributed by atoms with van der Waals surface area (Å²) < 4.78 is 17.0. The number of nitrogens with one attached hydrogen (secondary N) is 2. The van der Waals surface area contributed by atoms with Gasteiger partial charge in [0, 0.05) is 13.3 Å². The van der Waals surface area contributed by atoms with Gasteiger partial charge < -0.3 is 40.8 Å². The molecule has 2 aliphatic rings. The number of hydrogen-bond donors (Lipinski definition) is 5. The van der Waals surface area contributed by atoms with Crippen molar-refractivity contribution in [2.24, 2.45) is 11.7 Å². The van der Waals surface area contributed by atoms with Crippen LogP contribution < -0.4 is 30.6 Å². The van der Waals surface area contributed by atoms with Crippen molar-refractivity contribution in [3.05, 3.63) is 52.6 Å². The average molecular weight is 668 g/mol. The first-order valence-corrected chi connectivity index (χ1v) is 16.5. The number of aliphatic carboxylic acids is 2. The summed E-state index contributed by atoms with van der Waals surface area (Å²) >= 11 is 0. The number of carboxylic acid groups (broad SMARTS) is 2. The van der Waals surface area contributed by atoms with Gasteiger partial charge in [0.2, 0.25) is 11.8 Å². The molecule has 2 aromatic rings. The monoisotopic (exact) mass is 667 g/mol. The van der Waals surface area contributed by atoms with Crippen molar-refractivity contribution in [1.29, 1.82) is 0 Å². The predicted molar refractivity (Wildman–Crippen MR) is 174 cm³/mol. The number of hydrogen-bond acceptors (Lipinski definition) is 8. The lowest BCUT2D eigenvalue weighted by atomic mass is 9.90. The number of rotatable bonds is 16. The van der Waals surface area contributed by atoms with Crippen molar-refractivity contribution < 1.29 is 48.4 Å². The third-order valence-electron chi connectivity index (χ3n) is 8.65. The Bertz CT molecular complexity index is 1490. The largest absolute Gasteiger partial charge is 0.492 e. The van der Waals surface area contributed by atoms with E-state index >= 15 is 0 Å². The lowest BCUT2D eigenvalue weighted by Crippen LogP contribution is -2.48. The van der Waals surface area contributed by atoms with E-state index in [1.54, 1.807) is 12.1 Å². The van der Waals surface area contributed by atoms with E-state index in [2.05, 4.69) is 10.6 Å². The van der Waals surface area contributed by atoms with E-state index in [0.29, 0.717) is 30.3 Å². The molecular formula is C35H45N3O10. The Morgan fingerprint density at radius 3 is 2.31 bits per heavy atom. The minimum absolute atomic E-state index is 0.0416. The van der Waals surface area contributed by atoms with Gasteiger partial charge >= 0.3 is 11.9 Å². The zero-order valence-corrected chi connectivity index (χ0v) is 27.3. The van der Waals surface area contributed by atoms with E-state index in [0.717, 1.165) is 43.2 Å². The van der Waals surface area contributed by atoms with Crippen LogP contribution in [-0.4, -0.2) is 65.7 Å². The Kier molecular flexibility index (Phi) is 13.0. The van der Waals surface area contributed by atoms with E-state index in [9.17, 15) is 24.0 Å². The molecule has 0 unspecified atom stereocenters. The molecule has 2 atom stereocenters. The number of carboxylic acids is 2. The highest BCUT2D eigenvalue weighted by molar-refractivity contribution is 5.96. The molecule has 0 aromatic heterocycles. The van der Waals surface area contributed by atoms with Gasteiger partial charge in [-0.1, -0.05) is 31.7 Å². The summed E-state index contributed by atoms with van der Waals surface area (Å²) in [5.74, 6) is -2.66. The highest BCUT2D eigenvalue weighted by atomic mass is 16.5. The van der Waals surface area contributed by atoms with Gasteiger partial charge in [0.15, 0.2) is 18.1 Å². The molecule has 48 heavy (non-hydrogen) atoms. The quantitative estimate of drug-likeness (QED) is 0.164. The lowest BCUT2D eigenvalue weighted by molar-refractivity contribution is -0.139. The van der Waals surface area contributed by atoms with Crippen molar-refractivity contribution in [3.63, 3.8) is 0 Å². The molecule has 0 bridgehead atoms. The maximum absolute atomic E-state index is 13.8. The van der Waals surface area contributed by atoms with Crippen LogP contribution in [0, 0.1) is 5.92 Å². The topological polar surface area (TPSA) is 204 Å². The second kappa shape index (κ2) is 17.4. The first-order chi connectivity index (χ1) is 23.0. The second-order valence-corrected chi connectivity index (χ2v) is 12.4. The number of primary amides is 1. The Morgan fingerprint density at radius 2 is 1.62 bits per heavy atom. The van der Waals surface area contributed by atoms with Crippen LogP contribution >= 0.6 is 0 Å². The second-order valence-electron chi connectivity index (χ2n) is 12.4. The summed E-state index contributed by atoms with van der Waals surface area (Å²) in [6.45, 7) is 0.995. The van der Waals surface area contributed by atoms with Crippen LogP contribution in [0.1, 0.15) is 97.8 Å². The molecule has 3 amide bonds. The van der Waals surface area contributed by atoms with Crippen LogP contribution in [0.4, 0.5) is 0 Å². The number of carbonyl (C=O) groups is 5. The van der Waals surface area contributed by atoms with Crippen LogP contribution in [0.25, 0.3) is 0 Å². The number of ether oxygens (including phenoxy) is 3. The lowest BCUT2D eigenvalue weighted by Gasteiger charge is -2.26. The fourth-order valence-electron chi connectivity index (χ4n) is 6.28. The summed E-state index contributed by atoms with van der Waals surface area (Å²) in [6, 6.07) is 6.77. The van der Waals surface area contributed by atoms with Gasteiger partial charge in [-0.15, -0.1) is 0 Å². The molecule has 1 saturated carbocycles. The molecule has 13 nitrogen and oxygen atoms in total. The van der Waals surface area contributed by atoms with Gasteiger partial charge in [-0.2, -0.15) is 0 Å². The first kappa shape index (κ1) is 36.0. The number of nitrogens with two attached hydrogens (primary N) is 1. The van der Waals surface area contributed by atoms with Crippen LogP contribution in [0.3, 0.4) is 0 Å². The SMILES string of the molecule is CC(=O)N[C@@H](Cc1ccc(OCC(=O)O)c(OCCC(=O)O)c1)C(=O)N[C@H]1CCCCc2cc(OCC3CCCCC3)c(C(N)=O)cc21. The first-order valence-electron chi connectivity index (χ1n) is 16.5. The van der Waals surface area contributed by atoms with Crippen molar-refractivity contribution in [1.82, 2.24) is 10.6 Å². The maximum atomic E-state index is 13.8. The fraction of sp³-hybridized carbons (Fsp3) is 0.514. The predicted octanol–water partition coefficient (Wildman–Crippen LogP) is 3.69. The molecule has 260 valence electrons. The normalized spacial score (nSPS) is 16.8. The number of amides is 3. The molecule has 6 N–H and O–H groups in total. The molecule has 13 heteroatoms. The van der Waals surface area contributed by atoms with E-state index < -0.39 is 48.4 Å². The minimum Gasteiger partial charge on any atom is -0.492 e. The molecule has 0 heterocycles. The summed E-state index contributed by atoms with van der Waals surface area (Å²) in [5, 5.41) is 23.8. The zero-order valence-electron chi connectivity index (χ0n) is 27.3. The fourth-order valence-corrected chi connectivity index (χ4v) is 6.28. The summed E-state index contributed by atoms with van der Waals surface area (Å²) in [7, 11) is 0. The van der Waals surface area contributed by atoms with Crippen LogP contribution in [0.2, 0.25) is 0 Å². The van der Waals surface area contributed by atoms with Crippen LogP contribution in [0.5, 0.6) is 17.2 Å². The Labute approximate surface area is 279 Å². The van der Waals surface area contributed by atoms with Crippen molar-refractivity contribution in [2.45, 2.75) is 89.6 Å². The summed E-state index contributed by atoms with van der Waals surface area (Å²) in [5.41, 5.74) is 8.38. The maximum Gasteiger partial charge on any atom is 0.341 e. The van der Waals surface area contributed by atoms with E-state index in [1.807, 2.05) is 6.07 Å². The summed E-state index contributed by atoms with van der Waals surface area (Å²) in [4.78, 5) is 60.6. The number of aryl methyl sites for hydroxylation is 1. The Morgan fingerprint density at radius 1 is 0.875 bits per heavy atom. The van der Waals surface area contributed by atoms with Gasteiger partial charge in [0.05, 0.1) is 31.2 Å². The smallest absolute Gasteiger partial charge is 0.341 e. The van der Waals surface area contributed by atoms with Gasteiger partial charge in [0.25, 0.3) is 5.91 Å². The highest BCUT2D eigenvalue weighted by Gasteiger charge is 2.28. The standard InChI is InChI=1S/C35H45N3O10/c1-21(39)37-28(15-23-11-12-29(48-20-33(42)43)31(16-23)46-14-13-32(40)41)35(45)38-27-10-6-5-9-24-17-30(26(34(36)44)18-25(24)27)47-19-22-7-3-2-4-8-22/h11-12,16-18,22,27-28H,2-10,13-15,19-20H2,1H3,(H2,36,44)(H,37,39)(H,38,45)(H,40,41)(H,42,43)/t27-,28-/m0/s1.